The summed E-state index contributed by atoms with van der Waals surface area (Å²) in [5.74, 6) is -0.903. The zero-order valence-electron chi connectivity index (χ0n) is 16.6. The minimum atomic E-state index is -3.73. The van der Waals surface area contributed by atoms with Gasteiger partial charge in [0.1, 0.15) is 11.9 Å². The Hall–Kier alpha value is -2.61. The highest BCUT2D eigenvalue weighted by atomic mass is 32.2. The zero-order chi connectivity index (χ0) is 21.0. The Morgan fingerprint density at radius 1 is 1.10 bits per heavy atom. The van der Waals surface area contributed by atoms with E-state index in [4.69, 9.17) is 0 Å². The molecule has 0 radical (unpaired) electrons. The summed E-state index contributed by atoms with van der Waals surface area (Å²) in [6.45, 7) is 3.94. The average molecular weight is 420 g/mol. The van der Waals surface area contributed by atoms with E-state index in [-0.39, 0.29) is 5.69 Å². The molecule has 0 spiro atoms. The van der Waals surface area contributed by atoms with Crippen molar-refractivity contribution in [2.24, 2.45) is 0 Å². The van der Waals surface area contributed by atoms with Gasteiger partial charge >= 0.3 is 0 Å². The minimum Gasteiger partial charge on any atom is -0.372 e. The maximum Gasteiger partial charge on any atom is 0.243 e. The summed E-state index contributed by atoms with van der Waals surface area (Å²) >= 11 is 0. The number of carbonyl (C=O) groups excluding carboxylic acids is 1. The van der Waals surface area contributed by atoms with Crippen LogP contribution in [0.3, 0.4) is 0 Å². The van der Waals surface area contributed by atoms with E-state index < -0.39 is 27.8 Å². The van der Waals surface area contributed by atoms with E-state index in [9.17, 15) is 17.6 Å². The van der Waals surface area contributed by atoms with Crippen LogP contribution in [0.2, 0.25) is 0 Å². The standard InChI is InChI=1S/C21H26FN3O3S/c1-16(25(29(2,27)28)20-11-7-18(22)8-12-20)21(26)23-15-17-5-9-19(10-6-17)24-13-3-4-14-24/h5-12,16H,3-4,13-15H2,1-2H3,(H,23,26)/t16-/m0/s1. The summed E-state index contributed by atoms with van der Waals surface area (Å²) in [6, 6.07) is 12.1. The van der Waals surface area contributed by atoms with E-state index >= 15 is 0 Å². The van der Waals surface area contributed by atoms with Crippen LogP contribution in [0.4, 0.5) is 15.8 Å². The number of hydrogen-bond acceptors (Lipinski definition) is 4. The van der Waals surface area contributed by atoms with Crippen LogP contribution in [0.15, 0.2) is 48.5 Å². The quantitative estimate of drug-likeness (QED) is 0.749. The van der Waals surface area contributed by atoms with Gasteiger partial charge in [-0.05, 0) is 61.7 Å². The Morgan fingerprint density at radius 3 is 2.24 bits per heavy atom. The summed E-state index contributed by atoms with van der Waals surface area (Å²) in [4.78, 5) is 15.0. The van der Waals surface area contributed by atoms with Crippen LogP contribution in [0, 0.1) is 5.82 Å². The molecule has 8 heteroatoms. The lowest BCUT2D eigenvalue weighted by Gasteiger charge is -2.28. The molecule has 1 atom stereocenters. The normalized spacial score (nSPS) is 15.2. The lowest BCUT2D eigenvalue weighted by atomic mass is 10.2. The predicted molar refractivity (Wildman–Crippen MR) is 113 cm³/mol. The Labute approximate surface area is 171 Å². The lowest BCUT2D eigenvalue weighted by Crippen LogP contribution is -2.47. The number of nitrogens with one attached hydrogen (secondary N) is 1. The van der Waals surface area contributed by atoms with Crippen molar-refractivity contribution in [3.8, 4) is 0 Å². The second-order valence-electron chi connectivity index (χ2n) is 7.29. The van der Waals surface area contributed by atoms with Gasteiger partial charge in [0, 0.05) is 25.3 Å². The molecular weight excluding hydrogens is 393 g/mol. The first-order chi connectivity index (χ1) is 13.8. The third-order valence-corrected chi connectivity index (χ3v) is 6.29. The van der Waals surface area contributed by atoms with Crippen LogP contribution in [0.1, 0.15) is 25.3 Å². The van der Waals surface area contributed by atoms with Crippen LogP contribution in [-0.2, 0) is 21.4 Å². The Kier molecular flexibility index (Phi) is 6.42. The SMILES string of the molecule is C[C@@H](C(=O)NCc1ccc(N2CCCC2)cc1)N(c1ccc(F)cc1)S(C)(=O)=O. The molecule has 1 amide bonds. The zero-order valence-corrected chi connectivity index (χ0v) is 17.5. The molecule has 1 heterocycles. The van der Waals surface area contributed by atoms with E-state index in [0.29, 0.717) is 6.54 Å². The van der Waals surface area contributed by atoms with Gasteiger partial charge in [-0.3, -0.25) is 9.10 Å². The Bertz CT molecular complexity index is 940. The molecule has 156 valence electrons. The Morgan fingerprint density at radius 2 is 1.69 bits per heavy atom. The number of benzene rings is 2. The number of rotatable bonds is 7. The number of sulfonamides is 1. The van der Waals surface area contributed by atoms with Crippen LogP contribution in [0.5, 0.6) is 0 Å². The number of nitrogens with zero attached hydrogens (tertiary/aromatic N) is 2. The van der Waals surface area contributed by atoms with Gasteiger partial charge in [0.25, 0.3) is 0 Å². The molecule has 2 aromatic rings. The smallest absolute Gasteiger partial charge is 0.243 e. The van der Waals surface area contributed by atoms with Crippen molar-refractivity contribution in [2.45, 2.75) is 32.4 Å². The largest absolute Gasteiger partial charge is 0.372 e. The topological polar surface area (TPSA) is 69.7 Å². The Balaban J connectivity index is 1.65. The molecule has 6 nitrogen and oxygen atoms in total. The van der Waals surface area contributed by atoms with Crippen molar-refractivity contribution < 1.29 is 17.6 Å². The summed E-state index contributed by atoms with van der Waals surface area (Å²) in [5, 5.41) is 2.79. The fraction of sp³-hybridized carbons (Fsp3) is 0.381. The van der Waals surface area contributed by atoms with E-state index in [1.165, 1.54) is 49.7 Å². The van der Waals surface area contributed by atoms with E-state index in [2.05, 4.69) is 10.2 Å². The van der Waals surface area contributed by atoms with Crippen molar-refractivity contribution in [2.75, 3.05) is 28.6 Å². The van der Waals surface area contributed by atoms with Crippen LogP contribution in [0.25, 0.3) is 0 Å². The first-order valence-corrected chi connectivity index (χ1v) is 11.5. The van der Waals surface area contributed by atoms with Crippen molar-refractivity contribution >= 4 is 27.3 Å². The summed E-state index contributed by atoms with van der Waals surface area (Å²) in [7, 11) is -3.73. The monoisotopic (exact) mass is 419 g/mol. The van der Waals surface area contributed by atoms with Crippen LogP contribution in [-0.4, -0.2) is 39.7 Å². The van der Waals surface area contributed by atoms with Gasteiger partial charge in [0.15, 0.2) is 0 Å². The fourth-order valence-electron chi connectivity index (χ4n) is 3.53. The predicted octanol–water partition coefficient (Wildman–Crippen LogP) is 2.90. The second kappa shape index (κ2) is 8.82. The van der Waals surface area contributed by atoms with E-state index in [1.807, 2.05) is 24.3 Å². The van der Waals surface area contributed by atoms with Crippen molar-refractivity contribution in [3.63, 3.8) is 0 Å². The molecule has 1 aliphatic heterocycles. The number of carbonyl (C=O) groups is 1. The fourth-order valence-corrected chi connectivity index (χ4v) is 4.71. The van der Waals surface area contributed by atoms with Crippen molar-refractivity contribution in [1.82, 2.24) is 5.32 Å². The lowest BCUT2D eigenvalue weighted by molar-refractivity contribution is -0.122. The molecule has 1 N–H and O–H groups in total. The maximum absolute atomic E-state index is 13.2. The van der Waals surface area contributed by atoms with Gasteiger partial charge in [-0.1, -0.05) is 12.1 Å². The third kappa shape index (κ3) is 5.26. The molecule has 1 saturated heterocycles. The second-order valence-corrected chi connectivity index (χ2v) is 9.15. The number of amides is 1. The van der Waals surface area contributed by atoms with Crippen LogP contribution < -0.4 is 14.5 Å². The molecule has 29 heavy (non-hydrogen) atoms. The summed E-state index contributed by atoms with van der Waals surface area (Å²) in [6.07, 6.45) is 3.44. The number of halogens is 1. The molecule has 0 unspecified atom stereocenters. The van der Waals surface area contributed by atoms with Gasteiger partial charge in [0.2, 0.25) is 15.9 Å². The summed E-state index contributed by atoms with van der Waals surface area (Å²) < 4.78 is 38.7. The molecule has 0 bridgehead atoms. The van der Waals surface area contributed by atoms with Gasteiger partial charge in [-0.25, -0.2) is 12.8 Å². The van der Waals surface area contributed by atoms with Gasteiger partial charge in [-0.15, -0.1) is 0 Å². The average Bonchev–Trinajstić information content (AvgIpc) is 3.22. The van der Waals surface area contributed by atoms with E-state index in [1.54, 1.807) is 0 Å². The van der Waals surface area contributed by atoms with Gasteiger partial charge in [0.05, 0.1) is 11.9 Å². The number of anilines is 2. The molecule has 1 fully saturated rings. The maximum atomic E-state index is 13.2. The molecule has 1 aliphatic rings. The third-order valence-electron chi connectivity index (χ3n) is 5.04. The first-order valence-electron chi connectivity index (χ1n) is 9.62. The highest BCUT2D eigenvalue weighted by molar-refractivity contribution is 7.92. The highest BCUT2D eigenvalue weighted by Crippen LogP contribution is 2.22. The molecule has 2 aromatic carbocycles. The molecule has 3 rings (SSSR count). The molecule has 0 aromatic heterocycles. The highest BCUT2D eigenvalue weighted by Gasteiger charge is 2.29. The molecule has 0 saturated carbocycles. The molecule has 0 aliphatic carbocycles. The first kappa shape index (κ1) is 21.1. The minimum absolute atomic E-state index is 0.242. The van der Waals surface area contributed by atoms with Crippen molar-refractivity contribution in [1.29, 1.82) is 0 Å². The summed E-state index contributed by atoms with van der Waals surface area (Å²) in [5.41, 5.74) is 2.35. The number of hydrogen-bond donors (Lipinski definition) is 1. The van der Waals surface area contributed by atoms with Gasteiger partial charge < -0.3 is 10.2 Å². The molecular formula is C21H26FN3O3S. The van der Waals surface area contributed by atoms with E-state index in [0.717, 1.165) is 29.2 Å². The van der Waals surface area contributed by atoms with Gasteiger partial charge in [-0.2, -0.15) is 0 Å². The van der Waals surface area contributed by atoms with Crippen LogP contribution >= 0.6 is 0 Å². The van der Waals surface area contributed by atoms with Crippen molar-refractivity contribution in [3.05, 3.63) is 59.9 Å².